The molecule has 3 rings (SSSR count). The summed E-state index contributed by atoms with van der Waals surface area (Å²) < 4.78 is 6.34. The molecule has 1 aliphatic rings. The molecule has 0 amide bonds. The van der Waals surface area contributed by atoms with E-state index in [1.54, 1.807) is 0 Å². The van der Waals surface area contributed by atoms with Crippen LogP contribution in [0.5, 0.6) is 5.75 Å². The van der Waals surface area contributed by atoms with Gasteiger partial charge in [0, 0.05) is 13.5 Å². The van der Waals surface area contributed by atoms with Crippen LogP contribution in [0.15, 0.2) is 54.6 Å². The van der Waals surface area contributed by atoms with Crippen molar-refractivity contribution in [1.82, 2.24) is 0 Å². The second-order valence-electron chi connectivity index (χ2n) is 6.26. The number of rotatable bonds is 1. The predicted octanol–water partition coefficient (Wildman–Crippen LogP) is 5.30. The zero-order valence-electron chi connectivity index (χ0n) is 15.3. The smallest absolute Gasteiger partial charge is 0.132 e. The van der Waals surface area contributed by atoms with Gasteiger partial charge in [0.25, 0.3) is 0 Å². The molecule has 0 aliphatic carbocycles. The van der Waals surface area contributed by atoms with Crippen LogP contribution in [0.25, 0.3) is 0 Å². The van der Waals surface area contributed by atoms with E-state index < -0.39 is 0 Å². The van der Waals surface area contributed by atoms with Crippen molar-refractivity contribution < 1.29 is 9.84 Å². The fraction of sp³-hybridized carbons (Fsp3) is 0.429. The number of ether oxygens (including phenoxy) is 1. The van der Waals surface area contributed by atoms with Gasteiger partial charge in [-0.25, -0.2) is 0 Å². The van der Waals surface area contributed by atoms with Crippen molar-refractivity contribution >= 4 is 0 Å². The third-order valence-corrected chi connectivity index (χ3v) is 4.12. The van der Waals surface area contributed by atoms with Crippen LogP contribution in [0.1, 0.15) is 52.2 Å². The summed E-state index contributed by atoms with van der Waals surface area (Å²) in [5.41, 5.74) is 2.43. The van der Waals surface area contributed by atoms with Gasteiger partial charge in [0.2, 0.25) is 0 Å². The Hall–Kier alpha value is -1.80. The lowest BCUT2D eigenvalue weighted by Gasteiger charge is -2.44. The molecule has 0 bridgehead atoms. The van der Waals surface area contributed by atoms with Crippen molar-refractivity contribution in [3.05, 3.63) is 65.7 Å². The third-order valence-electron chi connectivity index (χ3n) is 4.12. The van der Waals surface area contributed by atoms with Crippen LogP contribution in [-0.2, 0) is 11.0 Å². The lowest BCUT2D eigenvalue weighted by Crippen LogP contribution is -2.41. The lowest BCUT2D eigenvalue weighted by molar-refractivity contribution is 0.0325. The minimum absolute atomic E-state index is 0.124. The molecule has 0 fully saturated rings. The molecule has 2 nitrogen and oxygen atoms in total. The van der Waals surface area contributed by atoms with E-state index in [4.69, 9.17) is 9.84 Å². The fourth-order valence-electron chi connectivity index (χ4n) is 3.28. The van der Waals surface area contributed by atoms with Crippen LogP contribution in [0, 0.1) is 0 Å². The lowest BCUT2D eigenvalue weighted by atomic mass is 9.71. The first-order valence-electron chi connectivity index (χ1n) is 8.30. The van der Waals surface area contributed by atoms with Crippen molar-refractivity contribution in [3.8, 4) is 5.75 Å². The van der Waals surface area contributed by atoms with Gasteiger partial charge in [-0.2, -0.15) is 0 Å². The standard InChI is InChI=1S/C18H20O.C2H6.CH4O/c1-17(2)13-18(3,14-9-5-4-6-10-14)19-16-12-8-7-11-15(16)17;2*1-2/h4-12H,13H2,1-3H3;1-2H3;2H,1H3. The molecule has 1 N–H and O–H groups in total. The van der Waals surface area contributed by atoms with Crippen LogP contribution in [0.3, 0.4) is 0 Å². The Kier molecular flexibility index (Phi) is 6.83. The molecule has 0 saturated carbocycles. The highest BCUT2D eigenvalue weighted by atomic mass is 16.5. The second-order valence-corrected chi connectivity index (χ2v) is 6.26. The van der Waals surface area contributed by atoms with Crippen molar-refractivity contribution in [3.63, 3.8) is 0 Å². The van der Waals surface area contributed by atoms with Gasteiger partial charge < -0.3 is 9.84 Å². The minimum atomic E-state index is -0.251. The number of aliphatic hydroxyl groups excluding tert-OH is 1. The quantitative estimate of drug-likeness (QED) is 0.774. The van der Waals surface area contributed by atoms with Crippen molar-refractivity contribution in [1.29, 1.82) is 0 Å². The molecule has 126 valence electrons. The number of para-hydroxylation sites is 1. The van der Waals surface area contributed by atoms with E-state index in [9.17, 15) is 0 Å². The molecule has 0 spiro atoms. The van der Waals surface area contributed by atoms with Gasteiger partial charge in [0.15, 0.2) is 0 Å². The maximum atomic E-state index is 7.00. The van der Waals surface area contributed by atoms with Gasteiger partial charge in [0.05, 0.1) is 0 Å². The van der Waals surface area contributed by atoms with Gasteiger partial charge in [-0.15, -0.1) is 0 Å². The summed E-state index contributed by atoms with van der Waals surface area (Å²) in [5, 5.41) is 7.00. The Morgan fingerprint density at radius 2 is 1.35 bits per heavy atom. The fourth-order valence-corrected chi connectivity index (χ4v) is 3.28. The Balaban J connectivity index is 0.000000615. The molecule has 1 aliphatic heterocycles. The Morgan fingerprint density at radius 1 is 0.826 bits per heavy atom. The van der Waals surface area contributed by atoms with Crippen LogP contribution in [-0.4, -0.2) is 12.2 Å². The summed E-state index contributed by atoms with van der Waals surface area (Å²) in [6.07, 6.45) is 0.987. The summed E-state index contributed by atoms with van der Waals surface area (Å²) in [7, 11) is 1.00. The molecule has 1 atom stereocenters. The van der Waals surface area contributed by atoms with Crippen LogP contribution in [0.4, 0.5) is 0 Å². The van der Waals surface area contributed by atoms with E-state index in [0.717, 1.165) is 19.3 Å². The zero-order chi connectivity index (χ0) is 17.5. The SMILES string of the molecule is CC.CC1(C)CC(C)(c2ccccc2)Oc2ccccc21.CO. The van der Waals surface area contributed by atoms with E-state index >= 15 is 0 Å². The van der Waals surface area contributed by atoms with Gasteiger partial charge in [0.1, 0.15) is 11.4 Å². The number of hydrogen-bond acceptors (Lipinski definition) is 2. The molecule has 1 heterocycles. The molecular weight excluding hydrogens is 284 g/mol. The monoisotopic (exact) mass is 314 g/mol. The van der Waals surface area contributed by atoms with Gasteiger partial charge in [-0.1, -0.05) is 76.2 Å². The van der Waals surface area contributed by atoms with E-state index in [2.05, 4.69) is 69.3 Å². The first-order chi connectivity index (χ1) is 11.0. The number of fused-ring (bicyclic) bond motifs is 1. The van der Waals surface area contributed by atoms with Crippen molar-refractivity contribution in [2.45, 2.75) is 52.1 Å². The van der Waals surface area contributed by atoms with Crippen molar-refractivity contribution in [2.75, 3.05) is 7.11 Å². The molecule has 2 heteroatoms. The highest BCUT2D eigenvalue weighted by Gasteiger charge is 2.42. The maximum Gasteiger partial charge on any atom is 0.132 e. The van der Waals surface area contributed by atoms with E-state index in [-0.39, 0.29) is 11.0 Å². The average Bonchev–Trinajstić information content (AvgIpc) is 2.58. The molecule has 2 aromatic rings. The minimum Gasteiger partial charge on any atom is -0.483 e. The number of aliphatic hydroxyl groups is 1. The highest BCUT2D eigenvalue weighted by Crippen LogP contribution is 2.48. The van der Waals surface area contributed by atoms with Gasteiger partial charge >= 0.3 is 0 Å². The van der Waals surface area contributed by atoms with E-state index in [1.807, 2.05) is 19.9 Å². The predicted molar refractivity (Wildman–Crippen MR) is 98.0 cm³/mol. The Morgan fingerprint density at radius 3 is 1.96 bits per heavy atom. The molecule has 23 heavy (non-hydrogen) atoms. The number of hydrogen-bond donors (Lipinski definition) is 1. The average molecular weight is 314 g/mol. The summed E-state index contributed by atoms with van der Waals surface area (Å²) in [5.74, 6) is 1.02. The van der Waals surface area contributed by atoms with Crippen LogP contribution in [0.2, 0.25) is 0 Å². The first-order valence-corrected chi connectivity index (χ1v) is 8.30. The molecule has 0 aromatic heterocycles. The van der Waals surface area contributed by atoms with Crippen molar-refractivity contribution in [2.24, 2.45) is 0 Å². The Labute approximate surface area is 141 Å². The highest BCUT2D eigenvalue weighted by molar-refractivity contribution is 5.43. The van der Waals surface area contributed by atoms with E-state index in [1.165, 1.54) is 11.1 Å². The molecule has 1 unspecified atom stereocenters. The van der Waals surface area contributed by atoms with Gasteiger partial charge in [-0.05, 0) is 29.5 Å². The second kappa shape index (κ2) is 8.16. The molecule has 2 aromatic carbocycles. The summed E-state index contributed by atoms with van der Waals surface area (Å²) in [6, 6.07) is 18.9. The van der Waals surface area contributed by atoms with Crippen LogP contribution >= 0.6 is 0 Å². The zero-order valence-corrected chi connectivity index (χ0v) is 15.3. The van der Waals surface area contributed by atoms with E-state index in [0.29, 0.717) is 0 Å². The maximum absolute atomic E-state index is 7.00. The summed E-state index contributed by atoms with van der Waals surface area (Å²) in [6.45, 7) is 10.8. The summed E-state index contributed by atoms with van der Waals surface area (Å²) in [4.78, 5) is 0. The molecule has 0 saturated heterocycles. The molecule has 0 radical (unpaired) electrons. The largest absolute Gasteiger partial charge is 0.483 e. The number of benzene rings is 2. The van der Waals surface area contributed by atoms with Gasteiger partial charge in [-0.3, -0.25) is 0 Å². The topological polar surface area (TPSA) is 29.5 Å². The van der Waals surface area contributed by atoms with Crippen LogP contribution < -0.4 is 4.74 Å². The normalized spacial score (nSPS) is 20.7. The first kappa shape index (κ1) is 19.2. The molecular formula is C21H30O2. The Bertz CT molecular complexity index is 590. The summed E-state index contributed by atoms with van der Waals surface area (Å²) >= 11 is 0. The third kappa shape index (κ3) is 4.14.